The number of hydrogen-bond donors (Lipinski definition) is 1. The summed E-state index contributed by atoms with van der Waals surface area (Å²) in [5.41, 5.74) is 1.27. The molecular formula is C16H12Cl2F2N2O3. The van der Waals surface area contributed by atoms with Gasteiger partial charge in [0.15, 0.2) is 5.75 Å². The van der Waals surface area contributed by atoms with Crippen LogP contribution in [0.5, 0.6) is 11.5 Å². The van der Waals surface area contributed by atoms with Crippen LogP contribution >= 0.6 is 23.2 Å². The first kappa shape index (κ1) is 17.7. The van der Waals surface area contributed by atoms with Crippen molar-refractivity contribution in [1.29, 1.82) is 0 Å². The third-order valence-electron chi connectivity index (χ3n) is 3.35. The Morgan fingerprint density at radius 1 is 1.24 bits per heavy atom. The molecule has 25 heavy (non-hydrogen) atoms. The van der Waals surface area contributed by atoms with Crippen molar-refractivity contribution in [2.24, 2.45) is 4.99 Å². The lowest BCUT2D eigenvalue weighted by molar-refractivity contribution is -0.127. The zero-order chi connectivity index (χ0) is 18.0. The van der Waals surface area contributed by atoms with Crippen LogP contribution < -0.4 is 4.74 Å². The smallest absolute Gasteiger partial charge is 0.387 e. The summed E-state index contributed by atoms with van der Waals surface area (Å²) >= 11 is 11.8. The van der Waals surface area contributed by atoms with Crippen molar-refractivity contribution in [3.8, 4) is 11.5 Å². The Bertz CT molecular complexity index is 782. The molecule has 1 aliphatic rings. The van der Waals surface area contributed by atoms with Gasteiger partial charge < -0.3 is 9.84 Å². The number of alkyl halides is 2. The molecule has 0 saturated carbocycles. The van der Waals surface area contributed by atoms with E-state index in [1.807, 2.05) is 0 Å². The maximum absolute atomic E-state index is 12.3. The van der Waals surface area contributed by atoms with Crippen LogP contribution in [0.25, 0.3) is 0 Å². The predicted octanol–water partition coefficient (Wildman–Crippen LogP) is 4.77. The van der Waals surface area contributed by atoms with Gasteiger partial charge in [0.25, 0.3) is 0 Å². The van der Waals surface area contributed by atoms with Gasteiger partial charge in [-0.05, 0) is 29.8 Å². The second kappa shape index (κ2) is 7.43. The summed E-state index contributed by atoms with van der Waals surface area (Å²) in [7, 11) is 0. The normalized spacial score (nSPS) is 16.7. The molecule has 5 nitrogen and oxygen atoms in total. The van der Waals surface area contributed by atoms with Crippen LogP contribution in [0.1, 0.15) is 17.4 Å². The van der Waals surface area contributed by atoms with E-state index in [4.69, 9.17) is 28.0 Å². The quantitative estimate of drug-likeness (QED) is 0.800. The number of ether oxygens (including phenoxy) is 1. The summed E-state index contributed by atoms with van der Waals surface area (Å²) in [6.07, 6.45) is 0.802. The third kappa shape index (κ3) is 4.31. The highest BCUT2D eigenvalue weighted by atomic mass is 35.5. The minimum absolute atomic E-state index is 0.0669. The number of rotatable bonds is 5. The molecule has 9 heteroatoms. The number of hydrogen-bond acceptors (Lipinski definition) is 5. The molecule has 0 fully saturated rings. The molecule has 1 unspecified atom stereocenters. The van der Waals surface area contributed by atoms with Crippen LogP contribution in [0.3, 0.4) is 0 Å². The highest BCUT2D eigenvalue weighted by molar-refractivity contribution is 6.37. The molecule has 0 aliphatic carbocycles. The third-order valence-corrected chi connectivity index (χ3v) is 3.93. The summed E-state index contributed by atoms with van der Waals surface area (Å²) < 4.78 is 28.9. The van der Waals surface area contributed by atoms with Crippen LogP contribution in [0.15, 0.2) is 41.4 Å². The number of aliphatic imine (C=N–C) groups is 1. The van der Waals surface area contributed by atoms with Crippen molar-refractivity contribution in [1.82, 2.24) is 5.06 Å². The summed E-state index contributed by atoms with van der Waals surface area (Å²) in [6.45, 7) is -2.60. The fraction of sp³-hybridized carbons (Fsp3) is 0.188. The topological polar surface area (TPSA) is 54.3 Å². The number of nitrogens with zero attached hydrogens (tertiary/aromatic N) is 2. The van der Waals surface area contributed by atoms with E-state index in [9.17, 15) is 13.9 Å². The van der Waals surface area contributed by atoms with E-state index in [0.717, 1.165) is 0 Å². The summed E-state index contributed by atoms with van der Waals surface area (Å²) in [4.78, 5) is 9.84. The Balaban J connectivity index is 1.67. The Morgan fingerprint density at radius 2 is 1.96 bits per heavy atom. The number of aromatic hydroxyl groups is 1. The van der Waals surface area contributed by atoms with Crippen molar-refractivity contribution in [2.45, 2.75) is 19.4 Å². The van der Waals surface area contributed by atoms with Crippen LogP contribution in [-0.2, 0) is 11.4 Å². The first-order chi connectivity index (χ1) is 11.9. The van der Waals surface area contributed by atoms with Gasteiger partial charge >= 0.3 is 6.61 Å². The molecule has 2 aromatic rings. The van der Waals surface area contributed by atoms with Crippen LogP contribution in [-0.4, -0.2) is 23.1 Å². The fourth-order valence-corrected chi connectivity index (χ4v) is 2.77. The molecule has 2 aromatic carbocycles. The van der Waals surface area contributed by atoms with Gasteiger partial charge in [-0.1, -0.05) is 35.3 Å². The van der Waals surface area contributed by atoms with Gasteiger partial charge in [0, 0.05) is 5.56 Å². The largest absolute Gasteiger partial charge is 0.505 e. The summed E-state index contributed by atoms with van der Waals surface area (Å²) in [6, 6.07) is 9.30. The fourth-order valence-electron chi connectivity index (χ4n) is 2.27. The van der Waals surface area contributed by atoms with Gasteiger partial charge in [0.05, 0.1) is 16.6 Å². The molecule has 0 radical (unpaired) electrons. The number of benzene rings is 2. The van der Waals surface area contributed by atoms with Crippen molar-refractivity contribution in [3.63, 3.8) is 0 Å². The lowest BCUT2D eigenvalue weighted by Gasteiger charge is -2.17. The van der Waals surface area contributed by atoms with Crippen LogP contribution in [0.4, 0.5) is 8.78 Å². The van der Waals surface area contributed by atoms with Crippen LogP contribution in [0.2, 0.25) is 10.0 Å². The molecule has 3 rings (SSSR count). The van der Waals surface area contributed by atoms with Crippen molar-refractivity contribution in [3.05, 3.63) is 57.6 Å². The molecule has 1 heterocycles. The molecule has 1 aliphatic heterocycles. The second-order valence-corrected chi connectivity index (χ2v) is 5.97. The Kier molecular flexibility index (Phi) is 5.27. The van der Waals surface area contributed by atoms with Gasteiger partial charge in [0.2, 0.25) is 6.23 Å². The van der Waals surface area contributed by atoms with E-state index in [0.29, 0.717) is 11.1 Å². The van der Waals surface area contributed by atoms with Gasteiger partial charge in [-0.15, -0.1) is 0 Å². The minimum atomic E-state index is -2.88. The van der Waals surface area contributed by atoms with E-state index in [1.54, 1.807) is 12.1 Å². The van der Waals surface area contributed by atoms with Crippen molar-refractivity contribution >= 4 is 29.5 Å². The van der Waals surface area contributed by atoms with E-state index < -0.39 is 12.8 Å². The standard InChI is InChI=1S/C16H12Cl2F2N2O3/c17-12-5-10(6-13(18)14(12)23)15-21-8-22(25-15)7-9-2-1-3-11(4-9)24-16(19)20/h1-6,8,15-16,23H,7H2. The maximum Gasteiger partial charge on any atom is 0.387 e. The van der Waals surface area contributed by atoms with Gasteiger partial charge in [-0.3, -0.25) is 0 Å². The molecule has 0 aromatic heterocycles. The van der Waals surface area contributed by atoms with Gasteiger partial charge in [-0.2, -0.15) is 8.78 Å². The SMILES string of the molecule is Oc1c(Cl)cc(C2N=CN(Cc3cccc(OC(F)F)c3)O2)cc1Cl. The predicted molar refractivity (Wildman–Crippen MR) is 89.1 cm³/mol. The van der Waals surface area contributed by atoms with Crippen molar-refractivity contribution < 1.29 is 23.5 Å². The average molecular weight is 389 g/mol. The van der Waals surface area contributed by atoms with E-state index in [2.05, 4.69) is 9.73 Å². The number of phenolic OH excluding ortho intramolecular Hbond substituents is 1. The average Bonchev–Trinajstić information content (AvgIpc) is 3.00. The molecule has 1 atom stereocenters. The van der Waals surface area contributed by atoms with Gasteiger partial charge in [-0.25, -0.2) is 14.9 Å². The zero-order valence-electron chi connectivity index (χ0n) is 12.6. The monoisotopic (exact) mass is 388 g/mol. The Labute approximate surface area is 152 Å². The summed E-state index contributed by atoms with van der Waals surface area (Å²) in [5.74, 6) is -0.140. The molecule has 0 spiro atoms. The second-order valence-electron chi connectivity index (χ2n) is 5.16. The highest BCUT2D eigenvalue weighted by Gasteiger charge is 2.22. The molecule has 132 valence electrons. The zero-order valence-corrected chi connectivity index (χ0v) is 14.1. The number of halogens is 4. The maximum atomic E-state index is 12.3. The van der Waals surface area contributed by atoms with Crippen molar-refractivity contribution in [2.75, 3.05) is 0 Å². The lowest BCUT2D eigenvalue weighted by Crippen LogP contribution is -2.18. The highest BCUT2D eigenvalue weighted by Crippen LogP contribution is 2.36. The molecule has 1 N–H and O–H groups in total. The summed E-state index contributed by atoms with van der Waals surface area (Å²) in [5, 5.41) is 11.2. The molecule has 0 saturated heterocycles. The van der Waals surface area contributed by atoms with Gasteiger partial charge in [0.1, 0.15) is 12.1 Å². The molecular weight excluding hydrogens is 377 g/mol. The molecule has 0 amide bonds. The number of phenols is 1. The number of hydroxylamine groups is 2. The minimum Gasteiger partial charge on any atom is -0.505 e. The van der Waals surface area contributed by atoms with E-state index in [-0.39, 0.29) is 28.1 Å². The first-order valence-corrected chi connectivity index (χ1v) is 7.86. The Hall–Kier alpha value is -2.09. The molecule has 0 bridgehead atoms. The lowest BCUT2D eigenvalue weighted by atomic mass is 10.2. The Morgan fingerprint density at radius 3 is 2.64 bits per heavy atom. The van der Waals surface area contributed by atoms with E-state index in [1.165, 1.54) is 35.7 Å². The van der Waals surface area contributed by atoms with E-state index >= 15 is 0 Å². The first-order valence-electron chi connectivity index (χ1n) is 7.11. The van der Waals surface area contributed by atoms with Crippen LogP contribution in [0, 0.1) is 0 Å².